The van der Waals surface area contributed by atoms with E-state index in [1.807, 2.05) is 0 Å². The Morgan fingerprint density at radius 2 is 2.36 bits per heavy atom. The third-order valence-corrected chi connectivity index (χ3v) is 3.32. The van der Waals surface area contributed by atoms with Gasteiger partial charge in [-0.3, -0.25) is 4.98 Å². The third kappa shape index (κ3) is 1.82. The predicted octanol–water partition coefficient (Wildman–Crippen LogP) is 2.07. The number of piperidine rings is 1. The van der Waals surface area contributed by atoms with E-state index in [9.17, 15) is 0 Å². The van der Waals surface area contributed by atoms with E-state index in [0.29, 0.717) is 6.04 Å². The lowest BCUT2D eigenvalue weighted by Crippen LogP contribution is -2.44. The van der Waals surface area contributed by atoms with Gasteiger partial charge in [0, 0.05) is 25.0 Å². The molecule has 0 aliphatic carbocycles. The molecule has 1 aromatic rings. The second-order valence-corrected chi connectivity index (χ2v) is 4.22. The number of hydrogen-bond donors (Lipinski definition) is 0. The molecule has 1 fully saturated rings. The zero-order valence-corrected chi connectivity index (χ0v) is 8.98. The van der Waals surface area contributed by atoms with Gasteiger partial charge in [0.15, 0.2) is 0 Å². The highest BCUT2D eigenvalue weighted by Crippen LogP contribution is 2.25. The smallest absolute Gasteiger partial charge is 0.147 e. The Bertz CT molecular complexity index is 291. The fraction of sp³-hybridized carbons (Fsp3) is 0.600. The first kappa shape index (κ1) is 9.71. The summed E-state index contributed by atoms with van der Waals surface area (Å²) in [4.78, 5) is 10.6. The number of halogens is 1. The summed E-state index contributed by atoms with van der Waals surface area (Å²) in [6.45, 7) is 3.18. The van der Waals surface area contributed by atoms with E-state index in [2.05, 4.69) is 21.8 Å². The van der Waals surface area contributed by atoms with Crippen LogP contribution in [0.2, 0.25) is 0 Å². The second-order valence-electron chi connectivity index (χ2n) is 3.66. The molecule has 0 amide bonds. The quantitative estimate of drug-likeness (QED) is 0.666. The molecule has 2 heterocycles. The first-order valence-corrected chi connectivity index (χ1v) is 5.39. The van der Waals surface area contributed by atoms with Gasteiger partial charge in [-0.05, 0) is 19.8 Å². The Morgan fingerprint density at radius 1 is 1.50 bits per heavy atom. The van der Waals surface area contributed by atoms with E-state index >= 15 is 0 Å². The lowest BCUT2D eigenvalue weighted by molar-refractivity contribution is 0.488. The van der Waals surface area contributed by atoms with Crippen molar-refractivity contribution in [1.29, 1.82) is 0 Å². The van der Waals surface area contributed by atoms with Crippen molar-refractivity contribution in [3.8, 4) is 0 Å². The van der Waals surface area contributed by atoms with Crippen LogP contribution < -0.4 is 4.90 Å². The molecular weight excluding hydrogens is 198 g/mol. The largest absolute Gasteiger partial charge is 0.351 e. The highest BCUT2D eigenvalue weighted by Gasteiger charge is 2.26. The van der Waals surface area contributed by atoms with Crippen molar-refractivity contribution >= 4 is 17.4 Å². The molecule has 1 saturated heterocycles. The summed E-state index contributed by atoms with van der Waals surface area (Å²) in [6.07, 6.45) is 7.44. The van der Waals surface area contributed by atoms with Crippen molar-refractivity contribution in [3.63, 3.8) is 0 Å². The molecule has 0 N–H and O–H groups in total. The van der Waals surface area contributed by atoms with Crippen molar-refractivity contribution in [2.45, 2.75) is 31.2 Å². The lowest BCUT2D eigenvalue weighted by Gasteiger charge is -2.37. The Morgan fingerprint density at radius 3 is 3.07 bits per heavy atom. The molecule has 1 aliphatic rings. The van der Waals surface area contributed by atoms with Gasteiger partial charge < -0.3 is 4.90 Å². The topological polar surface area (TPSA) is 29.0 Å². The van der Waals surface area contributed by atoms with Gasteiger partial charge >= 0.3 is 0 Å². The Kier molecular flexibility index (Phi) is 2.87. The Balaban J connectivity index is 2.17. The SMILES string of the molecule is CC1C(Cl)CCCN1c1cnccn1. The normalized spacial score (nSPS) is 27.7. The van der Waals surface area contributed by atoms with E-state index in [1.165, 1.54) is 0 Å². The summed E-state index contributed by atoms with van der Waals surface area (Å²) < 4.78 is 0. The van der Waals surface area contributed by atoms with Gasteiger partial charge in [-0.1, -0.05) is 0 Å². The molecule has 4 heteroatoms. The van der Waals surface area contributed by atoms with Crippen LogP contribution in [-0.4, -0.2) is 27.9 Å². The molecule has 14 heavy (non-hydrogen) atoms. The van der Waals surface area contributed by atoms with Gasteiger partial charge in [0.25, 0.3) is 0 Å². The zero-order chi connectivity index (χ0) is 9.97. The van der Waals surface area contributed by atoms with Crippen molar-refractivity contribution in [1.82, 2.24) is 9.97 Å². The Labute approximate surface area is 89.1 Å². The minimum atomic E-state index is 0.228. The Hall–Kier alpha value is -0.830. The maximum Gasteiger partial charge on any atom is 0.147 e. The second kappa shape index (κ2) is 4.13. The minimum absolute atomic E-state index is 0.228. The first-order chi connectivity index (χ1) is 6.79. The van der Waals surface area contributed by atoms with Crippen molar-refractivity contribution in [2.24, 2.45) is 0 Å². The van der Waals surface area contributed by atoms with Crippen LogP contribution in [0.15, 0.2) is 18.6 Å². The van der Waals surface area contributed by atoms with E-state index in [4.69, 9.17) is 11.6 Å². The molecule has 76 valence electrons. The molecule has 2 rings (SSSR count). The number of anilines is 1. The van der Waals surface area contributed by atoms with Gasteiger partial charge in [-0.2, -0.15) is 0 Å². The van der Waals surface area contributed by atoms with Gasteiger partial charge in [0.2, 0.25) is 0 Å². The summed E-state index contributed by atoms with van der Waals surface area (Å²) >= 11 is 6.22. The van der Waals surface area contributed by atoms with E-state index < -0.39 is 0 Å². The number of aromatic nitrogens is 2. The fourth-order valence-electron chi connectivity index (χ4n) is 1.86. The molecule has 1 aliphatic heterocycles. The highest BCUT2D eigenvalue weighted by atomic mass is 35.5. The van der Waals surface area contributed by atoms with Crippen LogP contribution in [0.25, 0.3) is 0 Å². The van der Waals surface area contributed by atoms with Crippen LogP contribution >= 0.6 is 11.6 Å². The summed E-state index contributed by atoms with van der Waals surface area (Å²) in [6, 6.07) is 0.349. The monoisotopic (exact) mass is 211 g/mol. The van der Waals surface area contributed by atoms with Crippen LogP contribution in [0, 0.1) is 0 Å². The fourth-order valence-corrected chi connectivity index (χ4v) is 2.15. The molecule has 0 saturated carbocycles. The molecule has 0 spiro atoms. The van der Waals surface area contributed by atoms with Gasteiger partial charge in [0.1, 0.15) is 5.82 Å². The highest BCUT2D eigenvalue weighted by molar-refractivity contribution is 6.21. The van der Waals surface area contributed by atoms with E-state index in [-0.39, 0.29) is 5.38 Å². The molecule has 1 aromatic heterocycles. The number of rotatable bonds is 1. The van der Waals surface area contributed by atoms with Crippen molar-refractivity contribution < 1.29 is 0 Å². The van der Waals surface area contributed by atoms with Crippen LogP contribution in [0.5, 0.6) is 0 Å². The predicted molar refractivity (Wildman–Crippen MR) is 57.7 cm³/mol. The minimum Gasteiger partial charge on any atom is -0.351 e. The van der Waals surface area contributed by atoms with Crippen molar-refractivity contribution in [2.75, 3.05) is 11.4 Å². The standard InChI is InChI=1S/C10H14ClN3/c1-8-9(11)3-2-6-14(8)10-7-12-4-5-13-10/h4-5,7-9H,2-3,6H2,1H3. The van der Waals surface area contributed by atoms with Crippen LogP contribution in [0.3, 0.4) is 0 Å². The molecule has 0 bridgehead atoms. The van der Waals surface area contributed by atoms with Crippen LogP contribution in [0.4, 0.5) is 5.82 Å². The summed E-state index contributed by atoms with van der Waals surface area (Å²) in [5, 5.41) is 0.228. The molecule has 0 radical (unpaired) electrons. The molecule has 3 nitrogen and oxygen atoms in total. The average molecular weight is 212 g/mol. The van der Waals surface area contributed by atoms with Gasteiger partial charge in [-0.15, -0.1) is 11.6 Å². The number of hydrogen-bond acceptors (Lipinski definition) is 3. The van der Waals surface area contributed by atoms with Crippen molar-refractivity contribution in [3.05, 3.63) is 18.6 Å². The van der Waals surface area contributed by atoms with E-state index in [0.717, 1.165) is 25.2 Å². The van der Waals surface area contributed by atoms with Gasteiger partial charge in [0.05, 0.1) is 11.6 Å². The number of nitrogens with zero attached hydrogens (tertiary/aromatic N) is 3. The van der Waals surface area contributed by atoms with E-state index in [1.54, 1.807) is 18.6 Å². The summed E-state index contributed by atoms with van der Waals surface area (Å²) in [5.41, 5.74) is 0. The summed E-state index contributed by atoms with van der Waals surface area (Å²) in [5.74, 6) is 0.936. The lowest BCUT2D eigenvalue weighted by atomic mass is 10.0. The molecule has 2 atom stereocenters. The zero-order valence-electron chi connectivity index (χ0n) is 8.23. The first-order valence-electron chi connectivity index (χ1n) is 4.96. The summed E-state index contributed by atoms with van der Waals surface area (Å²) in [7, 11) is 0. The number of alkyl halides is 1. The van der Waals surface area contributed by atoms with Crippen LogP contribution in [0.1, 0.15) is 19.8 Å². The molecule has 2 unspecified atom stereocenters. The maximum atomic E-state index is 6.22. The van der Waals surface area contributed by atoms with Gasteiger partial charge in [-0.25, -0.2) is 4.98 Å². The third-order valence-electron chi connectivity index (χ3n) is 2.74. The van der Waals surface area contributed by atoms with Crippen LogP contribution in [-0.2, 0) is 0 Å². The molecule has 0 aromatic carbocycles. The molecular formula is C10H14ClN3. The average Bonchev–Trinajstić information content (AvgIpc) is 2.23. The maximum absolute atomic E-state index is 6.22.